The highest BCUT2D eigenvalue weighted by molar-refractivity contribution is 5.86. The first-order chi connectivity index (χ1) is 14.0. The van der Waals surface area contributed by atoms with E-state index in [9.17, 15) is 9.18 Å². The number of pyridine rings is 1. The molecule has 29 heavy (non-hydrogen) atoms. The van der Waals surface area contributed by atoms with E-state index in [-0.39, 0.29) is 11.4 Å². The van der Waals surface area contributed by atoms with Crippen molar-refractivity contribution in [2.24, 2.45) is 7.05 Å². The number of anilines is 1. The largest absolute Gasteiger partial charge is 0.384 e. The lowest BCUT2D eigenvalue weighted by molar-refractivity contribution is 0.628. The molecule has 142 valence electrons. The van der Waals surface area contributed by atoms with Crippen LogP contribution in [0, 0.1) is 5.82 Å². The molecule has 0 atom stereocenters. The molecular weight excluding hydrogens is 369 g/mol. The Hall–Kier alpha value is -4.00. The van der Waals surface area contributed by atoms with Gasteiger partial charge in [-0.3, -0.25) is 9.36 Å². The highest BCUT2D eigenvalue weighted by Gasteiger charge is 2.14. The summed E-state index contributed by atoms with van der Waals surface area (Å²) in [7, 11) is 1.71. The molecule has 0 aliphatic rings. The number of rotatable bonds is 2. The summed E-state index contributed by atoms with van der Waals surface area (Å²) < 4.78 is 16.6. The van der Waals surface area contributed by atoms with Crippen LogP contribution in [0.25, 0.3) is 38.9 Å². The molecule has 0 saturated heterocycles. The van der Waals surface area contributed by atoms with E-state index in [1.165, 1.54) is 12.1 Å². The van der Waals surface area contributed by atoms with Crippen LogP contribution in [-0.2, 0) is 7.05 Å². The maximum absolute atomic E-state index is 13.3. The number of hydrogen-bond donors (Lipinski definition) is 1. The second kappa shape index (κ2) is 6.27. The molecule has 5 rings (SSSR count). The summed E-state index contributed by atoms with van der Waals surface area (Å²) in [6.07, 6.45) is 1.70. The molecule has 2 aromatic carbocycles. The number of hydrogen-bond acceptors (Lipinski definition) is 4. The Bertz CT molecular complexity index is 1430. The molecule has 5 aromatic rings. The maximum atomic E-state index is 13.3. The molecule has 3 heterocycles. The van der Waals surface area contributed by atoms with E-state index < -0.39 is 0 Å². The van der Waals surface area contributed by atoms with Crippen LogP contribution in [0.3, 0.4) is 0 Å². The van der Waals surface area contributed by atoms with Crippen molar-refractivity contribution in [2.75, 3.05) is 5.73 Å². The van der Waals surface area contributed by atoms with Gasteiger partial charge in [0.2, 0.25) is 0 Å². The highest BCUT2D eigenvalue weighted by Crippen LogP contribution is 2.26. The zero-order chi connectivity index (χ0) is 20.1. The molecule has 3 aromatic heterocycles. The van der Waals surface area contributed by atoms with E-state index in [1.54, 1.807) is 46.6 Å². The summed E-state index contributed by atoms with van der Waals surface area (Å²) in [5, 5.41) is 5.25. The number of nitrogen functional groups attached to an aromatic ring is 1. The molecule has 0 amide bonds. The van der Waals surface area contributed by atoms with Crippen LogP contribution < -0.4 is 11.3 Å². The molecule has 0 radical (unpaired) electrons. The topological polar surface area (TPSA) is 78.2 Å². The third-order valence-electron chi connectivity index (χ3n) is 5.05. The molecule has 0 spiro atoms. The molecule has 0 aliphatic carbocycles. The van der Waals surface area contributed by atoms with Crippen LogP contribution in [0.2, 0.25) is 0 Å². The van der Waals surface area contributed by atoms with E-state index in [4.69, 9.17) is 10.8 Å². The van der Waals surface area contributed by atoms with Crippen molar-refractivity contribution in [3.8, 4) is 22.4 Å². The van der Waals surface area contributed by atoms with Crippen molar-refractivity contribution in [3.05, 3.63) is 83.0 Å². The Morgan fingerprint density at radius 2 is 1.66 bits per heavy atom. The molecule has 0 bridgehead atoms. The number of benzene rings is 2. The van der Waals surface area contributed by atoms with E-state index in [1.807, 2.05) is 24.3 Å². The zero-order valence-corrected chi connectivity index (χ0v) is 15.5. The van der Waals surface area contributed by atoms with Crippen LogP contribution in [0.15, 0.2) is 71.7 Å². The quantitative estimate of drug-likeness (QED) is 0.503. The van der Waals surface area contributed by atoms with Crippen molar-refractivity contribution >= 4 is 22.4 Å². The Morgan fingerprint density at radius 3 is 2.38 bits per heavy atom. The number of nitrogens with zero attached hydrogens (tertiary/aromatic N) is 4. The molecule has 2 N–H and O–H groups in total. The molecule has 6 nitrogen and oxygen atoms in total. The Morgan fingerprint density at radius 1 is 0.931 bits per heavy atom. The van der Waals surface area contributed by atoms with Gasteiger partial charge in [-0.2, -0.15) is 5.10 Å². The van der Waals surface area contributed by atoms with Gasteiger partial charge in [-0.15, -0.1) is 0 Å². The summed E-state index contributed by atoms with van der Waals surface area (Å²) >= 11 is 0. The van der Waals surface area contributed by atoms with Gasteiger partial charge < -0.3 is 5.73 Å². The predicted molar refractivity (Wildman–Crippen MR) is 111 cm³/mol. The lowest BCUT2D eigenvalue weighted by Crippen LogP contribution is -2.19. The van der Waals surface area contributed by atoms with Gasteiger partial charge in [0.05, 0.1) is 16.6 Å². The SMILES string of the molecule is Cn1c(=O)c2ccc(-c3ccc(N)nc3)cc2n2nc(-c3ccc(F)cc3)cc12. The van der Waals surface area contributed by atoms with Gasteiger partial charge in [-0.25, -0.2) is 13.9 Å². The van der Waals surface area contributed by atoms with Gasteiger partial charge in [-0.05, 0) is 54.1 Å². The van der Waals surface area contributed by atoms with Crippen LogP contribution in [-0.4, -0.2) is 19.2 Å². The molecule has 0 fully saturated rings. The predicted octanol–water partition coefficient (Wildman–Crippen LogP) is 3.64. The standard InChI is InChI=1S/C22H16FN5O/c1-27-21-11-18(13-2-6-16(23)7-3-13)26-28(21)19-10-14(4-8-17(19)22(27)29)15-5-9-20(24)25-12-15/h2-12H,1H3,(H2,24,25). The zero-order valence-electron chi connectivity index (χ0n) is 15.5. The first-order valence-corrected chi connectivity index (χ1v) is 9.01. The molecular formula is C22H16FN5O. The Balaban J connectivity index is 1.78. The fourth-order valence-electron chi connectivity index (χ4n) is 3.48. The number of aromatic nitrogens is 4. The summed E-state index contributed by atoms with van der Waals surface area (Å²) in [5.41, 5.74) is 10.1. The molecule has 0 saturated carbocycles. The summed E-state index contributed by atoms with van der Waals surface area (Å²) in [6.45, 7) is 0. The van der Waals surface area contributed by atoms with E-state index in [0.29, 0.717) is 28.1 Å². The van der Waals surface area contributed by atoms with Crippen molar-refractivity contribution in [3.63, 3.8) is 0 Å². The van der Waals surface area contributed by atoms with Crippen LogP contribution in [0.5, 0.6) is 0 Å². The van der Waals surface area contributed by atoms with Gasteiger partial charge in [0.1, 0.15) is 17.3 Å². The van der Waals surface area contributed by atoms with E-state index >= 15 is 0 Å². The monoisotopic (exact) mass is 385 g/mol. The average molecular weight is 385 g/mol. The highest BCUT2D eigenvalue weighted by atomic mass is 19.1. The number of nitrogens with two attached hydrogens (primary N) is 1. The summed E-state index contributed by atoms with van der Waals surface area (Å²) in [4.78, 5) is 17.0. The van der Waals surface area contributed by atoms with Gasteiger partial charge >= 0.3 is 0 Å². The maximum Gasteiger partial charge on any atom is 0.261 e. The van der Waals surface area contributed by atoms with Gasteiger partial charge in [0.25, 0.3) is 5.56 Å². The average Bonchev–Trinajstić information content (AvgIpc) is 3.18. The second-order valence-corrected chi connectivity index (χ2v) is 6.87. The minimum absolute atomic E-state index is 0.111. The smallest absolute Gasteiger partial charge is 0.261 e. The Labute approximate surface area is 164 Å². The van der Waals surface area contributed by atoms with Gasteiger partial charge in [0.15, 0.2) is 0 Å². The van der Waals surface area contributed by atoms with E-state index in [0.717, 1.165) is 16.7 Å². The van der Waals surface area contributed by atoms with Crippen molar-refractivity contribution in [1.29, 1.82) is 0 Å². The number of fused-ring (bicyclic) bond motifs is 3. The van der Waals surface area contributed by atoms with Crippen LogP contribution >= 0.6 is 0 Å². The summed E-state index contributed by atoms with van der Waals surface area (Å²) in [6, 6.07) is 17.2. The lowest BCUT2D eigenvalue weighted by atomic mass is 10.1. The normalized spacial score (nSPS) is 11.4. The van der Waals surface area contributed by atoms with Crippen molar-refractivity contribution < 1.29 is 4.39 Å². The first-order valence-electron chi connectivity index (χ1n) is 9.01. The fraction of sp³-hybridized carbons (Fsp3) is 0.0455. The fourth-order valence-corrected chi connectivity index (χ4v) is 3.48. The van der Waals surface area contributed by atoms with Gasteiger partial charge in [0, 0.05) is 30.4 Å². The Kier molecular flexibility index (Phi) is 3.70. The van der Waals surface area contributed by atoms with Crippen molar-refractivity contribution in [1.82, 2.24) is 19.2 Å². The third kappa shape index (κ3) is 2.75. The molecule has 0 aliphatic heterocycles. The third-order valence-corrected chi connectivity index (χ3v) is 5.05. The van der Waals surface area contributed by atoms with E-state index in [2.05, 4.69) is 4.98 Å². The number of halogens is 1. The van der Waals surface area contributed by atoms with Crippen LogP contribution in [0.4, 0.5) is 10.2 Å². The minimum Gasteiger partial charge on any atom is -0.384 e. The molecule has 7 heteroatoms. The van der Waals surface area contributed by atoms with Crippen LogP contribution in [0.1, 0.15) is 0 Å². The van der Waals surface area contributed by atoms with Gasteiger partial charge in [-0.1, -0.05) is 6.07 Å². The molecule has 0 unspecified atom stereocenters. The number of aryl methyl sites for hydroxylation is 1. The minimum atomic E-state index is -0.308. The summed E-state index contributed by atoms with van der Waals surface area (Å²) in [5.74, 6) is 0.138. The second-order valence-electron chi connectivity index (χ2n) is 6.87. The lowest BCUT2D eigenvalue weighted by Gasteiger charge is -2.08. The first kappa shape index (κ1) is 17.1. The van der Waals surface area contributed by atoms with Crippen molar-refractivity contribution in [2.45, 2.75) is 0 Å².